The Morgan fingerprint density at radius 2 is 2.19 bits per heavy atom. The number of hydrogen-bond acceptors (Lipinski definition) is 4. The van der Waals surface area contributed by atoms with E-state index < -0.39 is 6.10 Å². The molecule has 2 unspecified atom stereocenters. The lowest BCUT2D eigenvalue weighted by Gasteiger charge is -2.16. The van der Waals surface area contributed by atoms with Gasteiger partial charge in [-0.3, -0.25) is 0 Å². The molecule has 4 heteroatoms. The molecule has 1 heterocycles. The van der Waals surface area contributed by atoms with Gasteiger partial charge in [0, 0.05) is 19.2 Å². The Morgan fingerprint density at radius 1 is 1.38 bits per heavy atom. The number of ether oxygens (including phenoxy) is 2. The lowest BCUT2D eigenvalue weighted by Crippen LogP contribution is -2.29. The molecule has 1 fully saturated rings. The Kier molecular flexibility index (Phi) is 3.64. The van der Waals surface area contributed by atoms with Crippen LogP contribution in [0.25, 0.3) is 0 Å². The standard InChI is InChI=1S/C12H17NO3/c1-2-15-9-4-3-5-10(6-9)16-12-8-13-7-11(12)14/h3-6,11-14H,2,7-8H2,1H3. The summed E-state index contributed by atoms with van der Waals surface area (Å²) in [4.78, 5) is 0. The third-order valence-corrected chi connectivity index (χ3v) is 2.53. The fourth-order valence-corrected chi connectivity index (χ4v) is 1.74. The van der Waals surface area contributed by atoms with Crippen LogP contribution in [0.1, 0.15) is 6.92 Å². The van der Waals surface area contributed by atoms with Gasteiger partial charge in [0.1, 0.15) is 23.7 Å². The molecule has 0 amide bonds. The monoisotopic (exact) mass is 223 g/mol. The smallest absolute Gasteiger partial charge is 0.138 e. The summed E-state index contributed by atoms with van der Waals surface area (Å²) in [5.74, 6) is 1.53. The zero-order valence-corrected chi connectivity index (χ0v) is 9.35. The predicted octanol–water partition coefficient (Wildman–Crippen LogP) is 0.797. The van der Waals surface area contributed by atoms with Crippen molar-refractivity contribution in [3.05, 3.63) is 24.3 Å². The van der Waals surface area contributed by atoms with Crippen LogP contribution in [0.15, 0.2) is 24.3 Å². The van der Waals surface area contributed by atoms with E-state index in [1.165, 1.54) is 0 Å². The van der Waals surface area contributed by atoms with Crippen LogP contribution in [0.4, 0.5) is 0 Å². The van der Waals surface area contributed by atoms with Crippen molar-refractivity contribution < 1.29 is 14.6 Å². The fraction of sp³-hybridized carbons (Fsp3) is 0.500. The first-order chi connectivity index (χ1) is 7.79. The second-order valence-corrected chi connectivity index (χ2v) is 3.79. The maximum absolute atomic E-state index is 9.60. The third kappa shape index (κ3) is 2.65. The topological polar surface area (TPSA) is 50.7 Å². The van der Waals surface area contributed by atoms with E-state index in [0.29, 0.717) is 19.7 Å². The van der Waals surface area contributed by atoms with Gasteiger partial charge in [-0.15, -0.1) is 0 Å². The van der Waals surface area contributed by atoms with E-state index in [4.69, 9.17) is 9.47 Å². The summed E-state index contributed by atoms with van der Waals surface area (Å²) in [5.41, 5.74) is 0. The van der Waals surface area contributed by atoms with Gasteiger partial charge in [0.2, 0.25) is 0 Å². The van der Waals surface area contributed by atoms with Gasteiger partial charge in [0.05, 0.1) is 6.61 Å². The second-order valence-electron chi connectivity index (χ2n) is 3.79. The van der Waals surface area contributed by atoms with Crippen LogP contribution in [0.3, 0.4) is 0 Å². The SMILES string of the molecule is CCOc1cccc(OC2CNCC2O)c1. The van der Waals surface area contributed by atoms with Gasteiger partial charge in [-0.2, -0.15) is 0 Å². The molecule has 0 saturated carbocycles. The van der Waals surface area contributed by atoms with Crippen LogP contribution in [0.5, 0.6) is 11.5 Å². The van der Waals surface area contributed by atoms with Crippen molar-refractivity contribution in [3.63, 3.8) is 0 Å². The molecule has 16 heavy (non-hydrogen) atoms. The number of rotatable bonds is 4. The summed E-state index contributed by atoms with van der Waals surface area (Å²) < 4.78 is 11.1. The highest BCUT2D eigenvalue weighted by Gasteiger charge is 2.26. The maximum Gasteiger partial charge on any atom is 0.138 e. The van der Waals surface area contributed by atoms with E-state index >= 15 is 0 Å². The summed E-state index contributed by atoms with van der Waals surface area (Å²) in [6.45, 7) is 3.85. The number of nitrogens with one attached hydrogen (secondary N) is 1. The van der Waals surface area contributed by atoms with Gasteiger partial charge >= 0.3 is 0 Å². The van der Waals surface area contributed by atoms with Crippen molar-refractivity contribution in [1.29, 1.82) is 0 Å². The molecule has 1 aromatic carbocycles. The summed E-state index contributed by atoms with van der Waals surface area (Å²) in [6, 6.07) is 7.48. The van der Waals surface area contributed by atoms with Gasteiger partial charge in [0.25, 0.3) is 0 Å². The Hall–Kier alpha value is -1.26. The number of aliphatic hydroxyl groups is 1. The molecule has 2 rings (SSSR count). The minimum Gasteiger partial charge on any atom is -0.494 e. The van der Waals surface area contributed by atoms with Crippen LogP contribution in [0.2, 0.25) is 0 Å². The lowest BCUT2D eigenvalue weighted by atomic mass is 10.2. The van der Waals surface area contributed by atoms with Crippen molar-refractivity contribution in [2.24, 2.45) is 0 Å². The van der Waals surface area contributed by atoms with E-state index in [2.05, 4.69) is 5.32 Å². The number of benzene rings is 1. The quantitative estimate of drug-likeness (QED) is 0.792. The van der Waals surface area contributed by atoms with E-state index in [1.54, 1.807) is 0 Å². The van der Waals surface area contributed by atoms with Crippen LogP contribution < -0.4 is 14.8 Å². The average Bonchev–Trinajstić information content (AvgIpc) is 2.66. The van der Waals surface area contributed by atoms with E-state index in [-0.39, 0.29) is 6.10 Å². The minimum absolute atomic E-state index is 0.170. The Balaban J connectivity index is 2.00. The molecule has 4 nitrogen and oxygen atoms in total. The first kappa shape index (κ1) is 11.2. The molecule has 0 bridgehead atoms. The van der Waals surface area contributed by atoms with Crippen molar-refractivity contribution in [2.75, 3.05) is 19.7 Å². The molecular formula is C12H17NO3. The molecule has 0 aliphatic carbocycles. The molecular weight excluding hydrogens is 206 g/mol. The molecule has 0 aromatic heterocycles. The normalized spacial score (nSPS) is 24.4. The van der Waals surface area contributed by atoms with Crippen LogP contribution in [-0.2, 0) is 0 Å². The highest BCUT2D eigenvalue weighted by Crippen LogP contribution is 2.21. The first-order valence-electron chi connectivity index (χ1n) is 5.58. The Morgan fingerprint density at radius 3 is 2.88 bits per heavy atom. The van der Waals surface area contributed by atoms with E-state index in [1.807, 2.05) is 31.2 Å². The molecule has 0 radical (unpaired) electrons. The second kappa shape index (κ2) is 5.18. The summed E-state index contributed by atoms with van der Waals surface area (Å²) in [6.07, 6.45) is -0.604. The molecule has 1 aliphatic heterocycles. The number of aliphatic hydroxyl groups excluding tert-OH is 1. The molecule has 88 valence electrons. The van der Waals surface area contributed by atoms with Gasteiger partial charge in [-0.25, -0.2) is 0 Å². The third-order valence-electron chi connectivity index (χ3n) is 2.53. The zero-order valence-electron chi connectivity index (χ0n) is 9.35. The van der Waals surface area contributed by atoms with Crippen molar-refractivity contribution >= 4 is 0 Å². The van der Waals surface area contributed by atoms with Crippen LogP contribution in [0, 0.1) is 0 Å². The van der Waals surface area contributed by atoms with Gasteiger partial charge in [-0.1, -0.05) is 6.07 Å². The summed E-state index contributed by atoms with van der Waals surface area (Å²) in [5, 5.41) is 12.7. The molecule has 1 aromatic rings. The van der Waals surface area contributed by atoms with Crippen LogP contribution >= 0.6 is 0 Å². The predicted molar refractivity (Wildman–Crippen MR) is 60.9 cm³/mol. The van der Waals surface area contributed by atoms with Crippen molar-refractivity contribution in [3.8, 4) is 11.5 Å². The highest BCUT2D eigenvalue weighted by atomic mass is 16.5. The number of hydrogen-bond donors (Lipinski definition) is 2. The molecule has 2 atom stereocenters. The summed E-state index contributed by atoms with van der Waals surface area (Å²) >= 11 is 0. The maximum atomic E-state index is 9.60. The Labute approximate surface area is 95.2 Å². The molecule has 0 spiro atoms. The Bertz CT molecular complexity index is 343. The molecule has 1 aliphatic rings. The fourth-order valence-electron chi connectivity index (χ4n) is 1.74. The lowest BCUT2D eigenvalue weighted by molar-refractivity contribution is 0.0735. The molecule has 2 N–H and O–H groups in total. The zero-order chi connectivity index (χ0) is 11.4. The number of β-amino-alcohol motifs (C(OH)–C–C–N with tert-alkyl or cyclic N) is 1. The van der Waals surface area contributed by atoms with E-state index in [9.17, 15) is 5.11 Å². The van der Waals surface area contributed by atoms with Crippen molar-refractivity contribution in [2.45, 2.75) is 19.1 Å². The van der Waals surface area contributed by atoms with Crippen molar-refractivity contribution in [1.82, 2.24) is 5.32 Å². The van der Waals surface area contributed by atoms with E-state index in [0.717, 1.165) is 11.5 Å². The molecule has 1 saturated heterocycles. The minimum atomic E-state index is -0.434. The van der Waals surface area contributed by atoms with Gasteiger partial charge in [-0.05, 0) is 19.1 Å². The van der Waals surface area contributed by atoms with Gasteiger partial charge < -0.3 is 19.9 Å². The van der Waals surface area contributed by atoms with Gasteiger partial charge in [0.15, 0.2) is 0 Å². The average molecular weight is 223 g/mol. The van der Waals surface area contributed by atoms with Crippen LogP contribution in [-0.4, -0.2) is 37.0 Å². The summed E-state index contributed by atoms with van der Waals surface area (Å²) in [7, 11) is 0. The highest BCUT2D eigenvalue weighted by molar-refractivity contribution is 5.33. The largest absolute Gasteiger partial charge is 0.494 e. The first-order valence-corrected chi connectivity index (χ1v) is 5.58.